The highest BCUT2D eigenvalue weighted by atomic mass is 16.2. The van der Waals surface area contributed by atoms with Gasteiger partial charge in [0.25, 0.3) is 0 Å². The first kappa shape index (κ1) is 12.7. The van der Waals surface area contributed by atoms with Crippen molar-refractivity contribution in [2.75, 3.05) is 20.4 Å². The van der Waals surface area contributed by atoms with Crippen LogP contribution in [0.5, 0.6) is 0 Å². The molecule has 0 aromatic rings. The Bertz CT molecular complexity index is 351. The molecule has 7 nitrogen and oxygen atoms in total. The maximum absolute atomic E-state index is 11.4. The smallest absolute Gasteiger partial charge is 0.230 e. The number of carbonyl (C=O) groups is 4. The lowest BCUT2D eigenvalue weighted by atomic mass is 10.4. The Morgan fingerprint density at radius 1 is 0.778 bits per heavy atom. The zero-order chi connectivity index (χ0) is 13.3. The van der Waals surface area contributed by atoms with Gasteiger partial charge >= 0.3 is 0 Å². The van der Waals surface area contributed by atoms with Gasteiger partial charge in [0.1, 0.15) is 0 Å². The van der Waals surface area contributed by atoms with Crippen LogP contribution in [0.3, 0.4) is 0 Å². The molecule has 2 aliphatic rings. The molecule has 98 valence electrons. The van der Waals surface area contributed by atoms with Crippen molar-refractivity contribution < 1.29 is 19.2 Å². The van der Waals surface area contributed by atoms with Gasteiger partial charge in [-0.3, -0.25) is 33.9 Å². The first-order valence-corrected chi connectivity index (χ1v) is 5.84. The molecule has 7 heteroatoms. The molecular formula is C11H15N3O4. The van der Waals surface area contributed by atoms with Crippen LogP contribution in [0.2, 0.25) is 0 Å². The normalized spacial score (nSPS) is 20.8. The zero-order valence-electron chi connectivity index (χ0n) is 10.2. The van der Waals surface area contributed by atoms with Crippen LogP contribution in [0.15, 0.2) is 0 Å². The standard InChI is InChI=1S/C11H15N3O4/c1-12(6-13-8(15)2-3-9(13)16)7-14-10(17)4-5-11(14)18/h2-7H2,1H3. The van der Waals surface area contributed by atoms with Crippen LogP contribution in [-0.2, 0) is 19.2 Å². The highest BCUT2D eigenvalue weighted by Crippen LogP contribution is 2.14. The van der Waals surface area contributed by atoms with Crippen LogP contribution < -0.4 is 0 Å². The van der Waals surface area contributed by atoms with Gasteiger partial charge in [-0.25, -0.2) is 0 Å². The summed E-state index contributed by atoms with van der Waals surface area (Å²) in [5.41, 5.74) is 0. The van der Waals surface area contributed by atoms with Crippen molar-refractivity contribution in [1.82, 2.24) is 14.7 Å². The fourth-order valence-corrected chi connectivity index (χ4v) is 2.09. The Hall–Kier alpha value is -1.76. The molecule has 0 saturated carbocycles. The van der Waals surface area contributed by atoms with Gasteiger partial charge in [0.15, 0.2) is 0 Å². The molecule has 2 heterocycles. The molecule has 0 aliphatic carbocycles. The Kier molecular flexibility index (Phi) is 3.42. The van der Waals surface area contributed by atoms with E-state index in [-0.39, 0.29) is 62.6 Å². The van der Waals surface area contributed by atoms with Crippen LogP contribution in [0.1, 0.15) is 25.7 Å². The van der Waals surface area contributed by atoms with Crippen LogP contribution in [0.25, 0.3) is 0 Å². The first-order chi connectivity index (χ1) is 8.49. The monoisotopic (exact) mass is 253 g/mol. The van der Waals surface area contributed by atoms with Gasteiger partial charge in [-0.05, 0) is 7.05 Å². The lowest BCUT2D eigenvalue weighted by Crippen LogP contribution is -2.45. The quantitative estimate of drug-likeness (QED) is 0.609. The summed E-state index contributed by atoms with van der Waals surface area (Å²) in [6.45, 7) is 0.240. The van der Waals surface area contributed by atoms with Gasteiger partial charge in [0.2, 0.25) is 23.6 Å². The number of carbonyl (C=O) groups excluding carboxylic acids is 4. The number of hydrogen-bond acceptors (Lipinski definition) is 5. The summed E-state index contributed by atoms with van der Waals surface area (Å²) < 4.78 is 0. The van der Waals surface area contributed by atoms with E-state index in [1.807, 2.05) is 0 Å². The molecule has 2 saturated heterocycles. The van der Waals surface area contributed by atoms with E-state index in [1.165, 1.54) is 0 Å². The fraction of sp³-hybridized carbons (Fsp3) is 0.636. The van der Waals surface area contributed by atoms with Crippen molar-refractivity contribution in [3.05, 3.63) is 0 Å². The van der Waals surface area contributed by atoms with Gasteiger partial charge in [-0.1, -0.05) is 0 Å². The van der Waals surface area contributed by atoms with Gasteiger partial charge < -0.3 is 0 Å². The van der Waals surface area contributed by atoms with Gasteiger partial charge in [0, 0.05) is 25.7 Å². The van der Waals surface area contributed by atoms with Gasteiger partial charge in [-0.2, -0.15) is 0 Å². The second-order valence-electron chi connectivity index (χ2n) is 4.57. The molecular weight excluding hydrogens is 238 g/mol. The molecule has 2 aliphatic heterocycles. The SMILES string of the molecule is CN(CN1C(=O)CCC1=O)CN1C(=O)CCC1=O. The Balaban J connectivity index is 1.90. The highest BCUT2D eigenvalue weighted by Gasteiger charge is 2.32. The Labute approximate surface area is 104 Å². The number of rotatable bonds is 4. The molecule has 2 fully saturated rings. The molecule has 18 heavy (non-hydrogen) atoms. The van der Waals surface area contributed by atoms with Crippen LogP contribution in [-0.4, -0.2) is 58.7 Å². The van der Waals surface area contributed by atoms with Crippen molar-refractivity contribution in [1.29, 1.82) is 0 Å². The molecule has 4 amide bonds. The lowest BCUT2D eigenvalue weighted by molar-refractivity contribution is -0.143. The molecule has 0 unspecified atom stereocenters. The lowest BCUT2D eigenvalue weighted by Gasteiger charge is -2.26. The van der Waals surface area contributed by atoms with E-state index in [1.54, 1.807) is 11.9 Å². The maximum atomic E-state index is 11.4. The Morgan fingerprint density at radius 2 is 1.06 bits per heavy atom. The minimum atomic E-state index is -0.203. The van der Waals surface area contributed by atoms with Crippen molar-refractivity contribution in [3.63, 3.8) is 0 Å². The van der Waals surface area contributed by atoms with E-state index >= 15 is 0 Å². The van der Waals surface area contributed by atoms with E-state index in [0.717, 1.165) is 9.80 Å². The topological polar surface area (TPSA) is 78.0 Å². The summed E-state index contributed by atoms with van der Waals surface area (Å²) in [6, 6.07) is 0. The first-order valence-electron chi connectivity index (χ1n) is 5.84. The van der Waals surface area contributed by atoms with E-state index < -0.39 is 0 Å². The third kappa shape index (κ3) is 2.40. The van der Waals surface area contributed by atoms with Crippen molar-refractivity contribution in [2.45, 2.75) is 25.7 Å². The summed E-state index contributed by atoms with van der Waals surface area (Å²) in [7, 11) is 1.66. The fourth-order valence-electron chi connectivity index (χ4n) is 2.09. The van der Waals surface area contributed by atoms with Gasteiger partial charge in [-0.15, -0.1) is 0 Å². The molecule has 0 spiro atoms. The second kappa shape index (κ2) is 4.85. The number of hydrogen-bond donors (Lipinski definition) is 0. The molecule has 0 aromatic carbocycles. The summed E-state index contributed by atoms with van der Waals surface area (Å²) in [6.07, 6.45) is 0.977. The average molecular weight is 253 g/mol. The molecule has 2 rings (SSSR count). The number of amides is 4. The summed E-state index contributed by atoms with van der Waals surface area (Å²) in [4.78, 5) is 49.6. The summed E-state index contributed by atoms with van der Waals surface area (Å²) in [5, 5.41) is 0. The minimum absolute atomic E-state index is 0.120. The van der Waals surface area contributed by atoms with E-state index in [0.29, 0.717) is 0 Å². The molecule has 0 atom stereocenters. The van der Waals surface area contributed by atoms with Gasteiger partial charge in [0.05, 0.1) is 13.3 Å². The Morgan fingerprint density at radius 3 is 1.33 bits per heavy atom. The van der Waals surface area contributed by atoms with Crippen LogP contribution in [0.4, 0.5) is 0 Å². The van der Waals surface area contributed by atoms with E-state index in [4.69, 9.17) is 0 Å². The number of likely N-dealkylation sites (tertiary alicyclic amines) is 2. The number of nitrogens with zero attached hydrogens (tertiary/aromatic N) is 3. The minimum Gasteiger partial charge on any atom is -0.274 e. The molecule has 0 bridgehead atoms. The maximum Gasteiger partial charge on any atom is 0.230 e. The largest absolute Gasteiger partial charge is 0.274 e. The van der Waals surface area contributed by atoms with E-state index in [9.17, 15) is 19.2 Å². The zero-order valence-corrected chi connectivity index (χ0v) is 10.2. The molecule has 0 radical (unpaired) electrons. The van der Waals surface area contributed by atoms with Crippen LogP contribution in [0, 0.1) is 0 Å². The number of imide groups is 2. The van der Waals surface area contributed by atoms with Crippen molar-refractivity contribution in [3.8, 4) is 0 Å². The van der Waals surface area contributed by atoms with Crippen molar-refractivity contribution >= 4 is 23.6 Å². The molecule has 0 aromatic heterocycles. The predicted molar refractivity (Wildman–Crippen MR) is 59.7 cm³/mol. The summed E-state index contributed by atoms with van der Waals surface area (Å²) >= 11 is 0. The predicted octanol–water partition coefficient (Wildman–Crippen LogP) is -0.869. The third-order valence-electron chi connectivity index (χ3n) is 3.08. The summed E-state index contributed by atoms with van der Waals surface area (Å²) in [5.74, 6) is -0.811. The highest BCUT2D eigenvalue weighted by molar-refractivity contribution is 6.02. The van der Waals surface area contributed by atoms with Crippen molar-refractivity contribution in [2.24, 2.45) is 0 Å². The van der Waals surface area contributed by atoms with E-state index in [2.05, 4.69) is 0 Å². The molecule has 0 N–H and O–H groups in total. The third-order valence-corrected chi connectivity index (χ3v) is 3.08. The average Bonchev–Trinajstić information content (AvgIpc) is 2.79. The second-order valence-corrected chi connectivity index (χ2v) is 4.57. The van der Waals surface area contributed by atoms with Crippen LogP contribution >= 0.6 is 0 Å².